The molecule has 0 N–H and O–H groups in total. The standard InChI is InChI=1S/C11H9NO2/c1-8-4-6-14-11(8)10(13)9-3-2-5-12-7-9/h2-7H,1H3. The predicted octanol–water partition coefficient (Wildman–Crippen LogP) is 2.21. The Kier molecular flexibility index (Phi) is 2.14. The number of aryl methyl sites for hydroxylation is 1. The number of aromatic nitrogens is 1. The van der Waals surface area contributed by atoms with Gasteiger partial charge < -0.3 is 4.42 Å². The molecule has 0 aliphatic rings. The molecule has 2 heterocycles. The highest BCUT2D eigenvalue weighted by Crippen LogP contribution is 2.13. The van der Waals surface area contributed by atoms with Crippen LogP contribution < -0.4 is 0 Å². The molecule has 2 aromatic heterocycles. The van der Waals surface area contributed by atoms with Gasteiger partial charge >= 0.3 is 0 Å². The van der Waals surface area contributed by atoms with Crippen LogP contribution in [0, 0.1) is 6.92 Å². The summed E-state index contributed by atoms with van der Waals surface area (Å²) in [7, 11) is 0. The molecular formula is C11H9NO2. The molecule has 2 aromatic rings. The zero-order valence-corrected chi connectivity index (χ0v) is 7.73. The highest BCUT2D eigenvalue weighted by atomic mass is 16.3. The normalized spacial score (nSPS) is 10.1. The third-order valence-corrected chi connectivity index (χ3v) is 1.99. The molecule has 0 fully saturated rings. The molecule has 0 aliphatic carbocycles. The van der Waals surface area contributed by atoms with Gasteiger partial charge in [-0.1, -0.05) is 0 Å². The minimum atomic E-state index is -0.124. The Hall–Kier alpha value is -1.90. The number of pyridine rings is 1. The first-order valence-electron chi connectivity index (χ1n) is 4.28. The molecule has 3 nitrogen and oxygen atoms in total. The minimum Gasteiger partial charge on any atom is -0.461 e. The molecule has 0 atom stereocenters. The monoisotopic (exact) mass is 187 g/mol. The van der Waals surface area contributed by atoms with E-state index in [0.717, 1.165) is 5.56 Å². The van der Waals surface area contributed by atoms with Crippen LogP contribution in [0.4, 0.5) is 0 Å². The van der Waals surface area contributed by atoms with Crippen LogP contribution in [-0.2, 0) is 0 Å². The largest absolute Gasteiger partial charge is 0.461 e. The second-order valence-electron chi connectivity index (χ2n) is 3.00. The molecule has 0 unspecified atom stereocenters. The van der Waals surface area contributed by atoms with E-state index in [-0.39, 0.29) is 5.78 Å². The fourth-order valence-electron chi connectivity index (χ4n) is 1.23. The average Bonchev–Trinajstić information content (AvgIpc) is 2.65. The van der Waals surface area contributed by atoms with Crippen molar-refractivity contribution in [2.24, 2.45) is 0 Å². The van der Waals surface area contributed by atoms with Crippen LogP contribution in [0.2, 0.25) is 0 Å². The van der Waals surface area contributed by atoms with Crippen molar-refractivity contribution < 1.29 is 9.21 Å². The molecule has 14 heavy (non-hydrogen) atoms. The predicted molar refractivity (Wildman–Crippen MR) is 51.1 cm³/mol. The Bertz CT molecular complexity index is 445. The van der Waals surface area contributed by atoms with Crippen molar-refractivity contribution >= 4 is 5.78 Å². The highest BCUT2D eigenvalue weighted by Gasteiger charge is 2.14. The number of nitrogens with zero attached hydrogens (tertiary/aromatic N) is 1. The molecule has 2 rings (SSSR count). The van der Waals surface area contributed by atoms with Crippen molar-refractivity contribution in [3.05, 3.63) is 53.7 Å². The van der Waals surface area contributed by atoms with Gasteiger partial charge in [-0.05, 0) is 30.7 Å². The zero-order valence-electron chi connectivity index (χ0n) is 7.73. The molecule has 0 amide bonds. The van der Waals surface area contributed by atoms with Crippen LogP contribution in [0.15, 0.2) is 41.3 Å². The van der Waals surface area contributed by atoms with Crippen LogP contribution in [-0.4, -0.2) is 10.8 Å². The van der Waals surface area contributed by atoms with Gasteiger partial charge in [0.05, 0.1) is 6.26 Å². The summed E-state index contributed by atoms with van der Waals surface area (Å²) in [6.45, 7) is 1.84. The van der Waals surface area contributed by atoms with Gasteiger partial charge in [-0.3, -0.25) is 9.78 Å². The summed E-state index contributed by atoms with van der Waals surface area (Å²) in [5, 5.41) is 0. The summed E-state index contributed by atoms with van der Waals surface area (Å²) in [5.41, 5.74) is 1.39. The van der Waals surface area contributed by atoms with E-state index in [1.807, 2.05) is 6.92 Å². The van der Waals surface area contributed by atoms with E-state index in [1.54, 1.807) is 24.4 Å². The molecule has 0 aromatic carbocycles. The lowest BCUT2D eigenvalue weighted by Crippen LogP contribution is -2.01. The average molecular weight is 187 g/mol. The van der Waals surface area contributed by atoms with Gasteiger partial charge in [0.25, 0.3) is 0 Å². The van der Waals surface area contributed by atoms with E-state index in [0.29, 0.717) is 11.3 Å². The highest BCUT2D eigenvalue weighted by molar-refractivity contribution is 6.07. The Labute approximate surface area is 81.4 Å². The SMILES string of the molecule is Cc1ccoc1C(=O)c1cccnc1. The number of hydrogen-bond acceptors (Lipinski definition) is 3. The topological polar surface area (TPSA) is 43.1 Å². The van der Waals surface area contributed by atoms with E-state index < -0.39 is 0 Å². The first-order valence-corrected chi connectivity index (χ1v) is 4.28. The minimum absolute atomic E-state index is 0.124. The maximum Gasteiger partial charge on any atom is 0.229 e. The summed E-state index contributed by atoms with van der Waals surface area (Å²) in [5.74, 6) is 0.263. The lowest BCUT2D eigenvalue weighted by molar-refractivity contribution is 0.101. The lowest BCUT2D eigenvalue weighted by Gasteiger charge is -1.97. The van der Waals surface area contributed by atoms with E-state index in [1.165, 1.54) is 12.5 Å². The van der Waals surface area contributed by atoms with Gasteiger partial charge in [0, 0.05) is 18.0 Å². The van der Waals surface area contributed by atoms with Crippen LogP contribution in [0.3, 0.4) is 0 Å². The number of carbonyl (C=O) groups is 1. The lowest BCUT2D eigenvalue weighted by atomic mass is 10.1. The van der Waals surface area contributed by atoms with Gasteiger partial charge in [0.2, 0.25) is 5.78 Å². The molecule has 0 saturated carbocycles. The van der Waals surface area contributed by atoms with E-state index in [2.05, 4.69) is 4.98 Å². The van der Waals surface area contributed by atoms with E-state index >= 15 is 0 Å². The van der Waals surface area contributed by atoms with Gasteiger partial charge in [-0.25, -0.2) is 0 Å². The maximum absolute atomic E-state index is 11.8. The van der Waals surface area contributed by atoms with Crippen LogP contribution >= 0.6 is 0 Å². The van der Waals surface area contributed by atoms with Crippen molar-refractivity contribution in [2.75, 3.05) is 0 Å². The summed E-state index contributed by atoms with van der Waals surface area (Å²) in [6, 6.07) is 5.21. The second-order valence-corrected chi connectivity index (χ2v) is 3.00. The summed E-state index contributed by atoms with van der Waals surface area (Å²) >= 11 is 0. The number of furan rings is 1. The summed E-state index contributed by atoms with van der Waals surface area (Å²) in [6.07, 6.45) is 4.68. The number of ketones is 1. The summed E-state index contributed by atoms with van der Waals surface area (Å²) < 4.78 is 5.10. The molecule has 0 radical (unpaired) electrons. The first kappa shape index (κ1) is 8.69. The Balaban J connectivity index is 2.39. The van der Waals surface area contributed by atoms with Crippen molar-refractivity contribution in [1.29, 1.82) is 0 Å². The maximum atomic E-state index is 11.8. The molecule has 0 bridgehead atoms. The number of rotatable bonds is 2. The van der Waals surface area contributed by atoms with E-state index in [9.17, 15) is 4.79 Å². The van der Waals surface area contributed by atoms with Gasteiger partial charge in [0.1, 0.15) is 0 Å². The zero-order chi connectivity index (χ0) is 9.97. The number of carbonyl (C=O) groups excluding carboxylic acids is 1. The third kappa shape index (κ3) is 1.44. The van der Waals surface area contributed by atoms with Crippen LogP contribution in [0.25, 0.3) is 0 Å². The van der Waals surface area contributed by atoms with Crippen molar-refractivity contribution in [3.8, 4) is 0 Å². The molecule has 0 saturated heterocycles. The van der Waals surface area contributed by atoms with Crippen LogP contribution in [0.1, 0.15) is 21.7 Å². The Morgan fingerprint density at radius 1 is 1.43 bits per heavy atom. The van der Waals surface area contributed by atoms with Crippen LogP contribution in [0.5, 0.6) is 0 Å². The quantitative estimate of drug-likeness (QED) is 0.677. The van der Waals surface area contributed by atoms with Gasteiger partial charge in [0.15, 0.2) is 5.76 Å². The molecule has 70 valence electrons. The fourth-order valence-corrected chi connectivity index (χ4v) is 1.23. The number of hydrogen-bond donors (Lipinski definition) is 0. The Morgan fingerprint density at radius 2 is 2.29 bits per heavy atom. The molecule has 0 spiro atoms. The van der Waals surface area contributed by atoms with Gasteiger partial charge in [-0.2, -0.15) is 0 Å². The van der Waals surface area contributed by atoms with Crippen molar-refractivity contribution in [1.82, 2.24) is 4.98 Å². The molecule has 3 heteroatoms. The van der Waals surface area contributed by atoms with Crippen molar-refractivity contribution in [2.45, 2.75) is 6.92 Å². The molecular weight excluding hydrogens is 178 g/mol. The second kappa shape index (κ2) is 3.46. The fraction of sp³-hybridized carbons (Fsp3) is 0.0909. The molecule has 0 aliphatic heterocycles. The first-order chi connectivity index (χ1) is 6.79. The van der Waals surface area contributed by atoms with Crippen molar-refractivity contribution in [3.63, 3.8) is 0 Å². The smallest absolute Gasteiger partial charge is 0.229 e. The summed E-state index contributed by atoms with van der Waals surface area (Å²) in [4.78, 5) is 15.7. The van der Waals surface area contributed by atoms with E-state index in [4.69, 9.17) is 4.42 Å². The van der Waals surface area contributed by atoms with Gasteiger partial charge in [-0.15, -0.1) is 0 Å². The third-order valence-electron chi connectivity index (χ3n) is 1.99. The Morgan fingerprint density at radius 3 is 2.86 bits per heavy atom.